The van der Waals surface area contributed by atoms with Crippen molar-refractivity contribution in [2.75, 3.05) is 10.6 Å². The van der Waals surface area contributed by atoms with E-state index in [0.29, 0.717) is 0 Å². The molecule has 0 unspecified atom stereocenters. The SMILES string of the molecule is CC(C)(C)OC(=O)Nc1c(NC(=O)O)no[n+]1[O-]. The molecule has 18 heavy (non-hydrogen) atoms. The number of hydrogen-bond donors (Lipinski definition) is 3. The molecule has 1 rings (SSSR count). The Kier molecular flexibility index (Phi) is 3.59. The summed E-state index contributed by atoms with van der Waals surface area (Å²) >= 11 is 0. The summed E-state index contributed by atoms with van der Waals surface area (Å²) in [4.78, 5) is 21.6. The Hall–Kier alpha value is -2.52. The van der Waals surface area contributed by atoms with Crippen molar-refractivity contribution in [3.63, 3.8) is 0 Å². The van der Waals surface area contributed by atoms with Crippen LogP contribution in [0.4, 0.5) is 21.2 Å². The Morgan fingerprint density at radius 1 is 1.44 bits per heavy atom. The van der Waals surface area contributed by atoms with Gasteiger partial charge in [0, 0.05) is 0 Å². The van der Waals surface area contributed by atoms with Gasteiger partial charge in [0.25, 0.3) is 0 Å². The molecule has 0 atom stereocenters. The minimum atomic E-state index is -1.46. The lowest BCUT2D eigenvalue weighted by Gasteiger charge is -2.17. The number of ether oxygens (including phenoxy) is 1. The summed E-state index contributed by atoms with van der Waals surface area (Å²) in [5.74, 6) is -0.949. The maximum atomic E-state index is 11.4. The number of nitrogens with one attached hydrogen (secondary N) is 2. The van der Waals surface area contributed by atoms with E-state index in [2.05, 4.69) is 9.79 Å². The lowest BCUT2D eigenvalue weighted by Crippen LogP contribution is -2.33. The zero-order chi connectivity index (χ0) is 13.9. The van der Waals surface area contributed by atoms with Crippen molar-refractivity contribution in [1.82, 2.24) is 5.16 Å². The lowest BCUT2D eigenvalue weighted by molar-refractivity contribution is -0.790. The summed E-state index contributed by atoms with van der Waals surface area (Å²) in [6, 6.07) is 0. The molecule has 1 heterocycles. The number of carbonyl (C=O) groups excluding carboxylic acids is 1. The van der Waals surface area contributed by atoms with Gasteiger partial charge in [-0.1, -0.05) is 4.90 Å². The quantitative estimate of drug-likeness (QED) is 0.666. The standard InChI is InChI=1S/C8H12N4O6/c1-8(2,3)17-7(15)10-5-4(9-6(13)14)11-18-12(5)16/h1-3H3,(H,9,11)(H,10,15)(H,13,14). The van der Waals surface area contributed by atoms with Gasteiger partial charge in [0.1, 0.15) is 5.60 Å². The Labute approximate surface area is 101 Å². The van der Waals surface area contributed by atoms with Gasteiger partial charge in [0.15, 0.2) is 0 Å². The molecule has 1 aromatic rings. The predicted octanol–water partition coefficient (Wildman–Crippen LogP) is 0.745. The first kappa shape index (κ1) is 13.5. The minimum Gasteiger partial charge on any atom is -0.465 e. The third-order valence-electron chi connectivity index (χ3n) is 1.46. The van der Waals surface area contributed by atoms with Gasteiger partial charge in [0.2, 0.25) is 0 Å². The average molecular weight is 260 g/mol. The van der Waals surface area contributed by atoms with Gasteiger partial charge >= 0.3 is 23.8 Å². The van der Waals surface area contributed by atoms with Crippen molar-refractivity contribution in [2.24, 2.45) is 0 Å². The molecule has 0 radical (unpaired) electrons. The molecule has 10 heteroatoms. The van der Waals surface area contributed by atoms with Gasteiger partial charge in [-0.05, 0) is 25.9 Å². The summed E-state index contributed by atoms with van der Waals surface area (Å²) in [7, 11) is 0. The van der Waals surface area contributed by atoms with Crippen molar-refractivity contribution < 1.29 is 29.0 Å². The molecule has 0 aliphatic heterocycles. The Balaban J connectivity index is 2.80. The van der Waals surface area contributed by atoms with Crippen molar-refractivity contribution >= 4 is 23.8 Å². The highest BCUT2D eigenvalue weighted by Gasteiger charge is 2.26. The molecule has 0 saturated carbocycles. The van der Waals surface area contributed by atoms with Gasteiger partial charge in [-0.2, -0.15) is 5.32 Å². The third-order valence-corrected chi connectivity index (χ3v) is 1.46. The van der Waals surface area contributed by atoms with Crippen molar-refractivity contribution in [3.05, 3.63) is 5.21 Å². The highest BCUT2D eigenvalue weighted by molar-refractivity contribution is 5.90. The number of carboxylic acid groups (broad SMARTS) is 1. The summed E-state index contributed by atoms with van der Waals surface area (Å²) in [6.07, 6.45) is -2.40. The van der Waals surface area contributed by atoms with Crippen LogP contribution in [0.1, 0.15) is 20.8 Å². The minimum absolute atomic E-state index is 0.158. The first-order chi connectivity index (χ1) is 8.19. The Morgan fingerprint density at radius 3 is 2.56 bits per heavy atom. The van der Waals surface area contributed by atoms with E-state index in [9.17, 15) is 14.8 Å². The first-order valence-corrected chi connectivity index (χ1v) is 4.79. The molecule has 0 aliphatic rings. The van der Waals surface area contributed by atoms with Crippen molar-refractivity contribution in [3.8, 4) is 0 Å². The summed E-state index contributed by atoms with van der Waals surface area (Å²) < 4.78 is 9.02. The number of rotatable bonds is 2. The molecule has 0 saturated heterocycles. The molecule has 100 valence electrons. The summed E-state index contributed by atoms with van der Waals surface area (Å²) in [5.41, 5.74) is -0.769. The molecule has 1 aromatic heterocycles. The van der Waals surface area contributed by atoms with Crippen LogP contribution in [0, 0.1) is 5.21 Å². The molecule has 2 amide bonds. The van der Waals surface area contributed by atoms with E-state index in [-0.39, 0.29) is 4.90 Å². The van der Waals surface area contributed by atoms with Gasteiger partial charge in [0.05, 0.1) is 0 Å². The van der Waals surface area contributed by atoms with E-state index in [1.165, 1.54) is 0 Å². The number of carbonyl (C=O) groups is 2. The number of nitrogens with zero attached hydrogens (tertiary/aromatic N) is 2. The zero-order valence-electron chi connectivity index (χ0n) is 9.88. The van der Waals surface area contributed by atoms with Crippen molar-refractivity contribution in [1.29, 1.82) is 0 Å². The molecule has 0 bridgehead atoms. The Morgan fingerprint density at radius 2 is 2.06 bits per heavy atom. The van der Waals surface area contributed by atoms with Crippen LogP contribution in [0.15, 0.2) is 4.63 Å². The van der Waals surface area contributed by atoms with Crippen LogP contribution >= 0.6 is 0 Å². The van der Waals surface area contributed by atoms with Gasteiger partial charge < -0.3 is 19.7 Å². The molecule has 3 N–H and O–H groups in total. The van der Waals surface area contributed by atoms with E-state index in [1.807, 2.05) is 5.32 Å². The van der Waals surface area contributed by atoms with Crippen LogP contribution in [0.3, 0.4) is 0 Å². The summed E-state index contributed by atoms with van der Waals surface area (Å²) in [6.45, 7) is 4.88. The van der Waals surface area contributed by atoms with Crippen LogP contribution in [-0.4, -0.2) is 28.1 Å². The molecule has 0 aromatic carbocycles. The number of anilines is 2. The smallest absolute Gasteiger partial charge is 0.465 e. The van der Waals surface area contributed by atoms with Crippen molar-refractivity contribution in [2.45, 2.75) is 26.4 Å². The van der Waals surface area contributed by atoms with E-state index < -0.39 is 29.4 Å². The molecule has 0 spiro atoms. The second kappa shape index (κ2) is 4.77. The van der Waals surface area contributed by atoms with Crippen LogP contribution in [-0.2, 0) is 4.74 Å². The first-order valence-electron chi connectivity index (χ1n) is 4.79. The fourth-order valence-corrected chi connectivity index (χ4v) is 0.937. The van der Waals surface area contributed by atoms with E-state index in [1.54, 1.807) is 26.1 Å². The van der Waals surface area contributed by atoms with Crippen LogP contribution in [0.25, 0.3) is 0 Å². The zero-order valence-corrected chi connectivity index (χ0v) is 9.88. The summed E-state index contributed by atoms with van der Waals surface area (Å²) in [5, 5.41) is 26.5. The van der Waals surface area contributed by atoms with Crippen LogP contribution in [0.5, 0.6) is 0 Å². The molecule has 0 aliphatic carbocycles. The maximum Gasteiger partial charge on any atom is 0.474 e. The second-order valence-corrected chi connectivity index (χ2v) is 4.18. The number of aromatic nitrogens is 2. The molecule has 0 fully saturated rings. The fourth-order valence-electron chi connectivity index (χ4n) is 0.937. The normalized spacial score (nSPS) is 10.8. The van der Waals surface area contributed by atoms with Crippen LogP contribution in [0.2, 0.25) is 0 Å². The lowest BCUT2D eigenvalue weighted by atomic mass is 10.2. The third kappa shape index (κ3) is 3.81. The fraction of sp³-hybridized carbons (Fsp3) is 0.500. The van der Waals surface area contributed by atoms with Gasteiger partial charge in [-0.3, -0.25) is 5.32 Å². The monoisotopic (exact) mass is 260 g/mol. The molecular formula is C8H12N4O6. The second-order valence-electron chi connectivity index (χ2n) is 4.18. The van der Waals surface area contributed by atoms with Crippen LogP contribution < -0.4 is 15.5 Å². The number of hydrogen-bond acceptors (Lipinski definition) is 6. The van der Waals surface area contributed by atoms with Gasteiger partial charge in [-0.25, -0.2) is 9.59 Å². The highest BCUT2D eigenvalue weighted by atomic mass is 16.8. The van der Waals surface area contributed by atoms with Gasteiger partial charge in [-0.15, -0.1) is 0 Å². The largest absolute Gasteiger partial charge is 0.474 e. The number of amides is 2. The molecule has 10 nitrogen and oxygen atoms in total. The maximum absolute atomic E-state index is 11.4. The van der Waals surface area contributed by atoms with E-state index >= 15 is 0 Å². The highest BCUT2D eigenvalue weighted by Crippen LogP contribution is 2.15. The van der Waals surface area contributed by atoms with E-state index in [0.717, 1.165) is 0 Å². The Bertz CT molecular complexity index is 463. The predicted molar refractivity (Wildman–Crippen MR) is 57.0 cm³/mol. The topological polar surface area (TPSA) is 141 Å². The van der Waals surface area contributed by atoms with E-state index in [4.69, 9.17) is 9.84 Å². The molecular weight excluding hydrogens is 248 g/mol. The average Bonchev–Trinajstić information content (AvgIpc) is 2.46.